The van der Waals surface area contributed by atoms with Gasteiger partial charge in [0.2, 0.25) is 0 Å². The predicted octanol–water partition coefficient (Wildman–Crippen LogP) is 4.64. The van der Waals surface area contributed by atoms with Gasteiger partial charge in [0.05, 0.1) is 12.3 Å². The lowest BCUT2D eigenvalue weighted by atomic mass is 9.97. The average molecular weight is 339 g/mol. The molecule has 0 saturated carbocycles. The number of nitrogens with zero attached hydrogens (tertiary/aromatic N) is 2. The summed E-state index contributed by atoms with van der Waals surface area (Å²) < 4.78 is 5.15. The number of esters is 1. The first kappa shape index (κ1) is 16.1. The van der Waals surface area contributed by atoms with Crippen molar-refractivity contribution < 1.29 is 9.53 Å². The summed E-state index contributed by atoms with van der Waals surface area (Å²) in [6, 6.07) is 16.9. The lowest BCUT2D eigenvalue weighted by Gasteiger charge is -2.13. The molecule has 0 N–H and O–H groups in total. The zero-order valence-corrected chi connectivity index (χ0v) is 13.8. The Morgan fingerprint density at radius 3 is 2.38 bits per heavy atom. The van der Waals surface area contributed by atoms with E-state index >= 15 is 0 Å². The van der Waals surface area contributed by atoms with E-state index in [-0.39, 0.29) is 12.3 Å². The topological polar surface area (TPSA) is 52.1 Å². The van der Waals surface area contributed by atoms with Crippen LogP contribution < -0.4 is 0 Å². The quantitative estimate of drug-likeness (QED) is 0.650. The first-order chi connectivity index (χ1) is 11.7. The molecule has 0 aliphatic heterocycles. The third-order valence-electron chi connectivity index (χ3n) is 3.50. The number of aromatic nitrogens is 2. The highest BCUT2D eigenvalue weighted by atomic mass is 35.5. The van der Waals surface area contributed by atoms with Crippen molar-refractivity contribution in [3.05, 3.63) is 71.6 Å². The van der Waals surface area contributed by atoms with Crippen molar-refractivity contribution in [1.29, 1.82) is 0 Å². The fourth-order valence-corrected chi connectivity index (χ4v) is 2.57. The van der Waals surface area contributed by atoms with Gasteiger partial charge in [0.25, 0.3) is 0 Å². The van der Waals surface area contributed by atoms with Crippen LogP contribution in [0.15, 0.2) is 60.9 Å². The third kappa shape index (κ3) is 3.29. The van der Waals surface area contributed by atoms with Crippen LogP contribution >= 0.6 is 11.6 Å². The lowest BCUT2D eigenvalue weighted by Crippen LogP contribution is -2.10. The van der Waals surface area contributed by atoms with Gasteiger partial charge in [-0.3, -0.25) is 0 Å². The number of carbonyl (C=O) groups is 1. The molecule has 0 aliphatic rings. The van der Waals surface area contributed by atoms with Crippen molar-refractivity contribution >= 4 is 17.6 Å². The van der Waals surface area contributed by atoms with Crippen molar-refractivity contribution in [1.82, 2.24) is 9.97 Å². The van der Waals surface area contributed by atoms with Gasteiger partial charge in [-0.1, -0.05) is 54.1 Å². The second-order valence-electron chi connectivity index (χ2n) is 5.04. The molecule has 120 valence electrons. The van der Waals surface area contributed by atoms with Crippen LogP contribution in [0.3, 0.4) is 0 Å². The lowest BCUT2D eigenvalue weighted by molar-refractivity contribution is 0.0520. The molecule has 0 radical (unpaired) electrons. The van der Waals surface area contributed by atoms with Crippen LogP contribution in [-0.4, -0.2) is 22.5 Å². The van der Waals surface area contributed by atoms with E-state index in [1.165, 1.54) is 6.33 Å². The second-order valence-corrected chi connectivity index (χ2v) is 5.48. The molecule has 2 aromatic carbocycles. The molecule has 0 amide bonds. The van der Waals surface area contributed by atoms with E-state index in [1.54, 1.807) is 19.1 Å². The van der Waals surface area contributed by atoms with Crippen molar-refractivity contribution in [2.24, 2.45) is 0 Å². The average Bonchev–Trinajstić information content (AvgIpc) is 2.63. The fraction of sp³-hybridized carbons (Fsp3) is 0.105. The van der Waals surface area contributed by atoms with Crippen molar-refractivity contribution in [2.75, 3.05) is 6.61 Å². The fourth-order valence-electron chi connectivity index (χ4n) is 2.44. The molecule has 4 nitrogen and oxygen atoms in total. The van der Waals surface area contributed by atoms with Crippen molar-refractivity contribution in [3.63, 3.8) is 0 Å². The van der Waals surface area contributed by atoms with Crippen LogP contribution in [0.1, 0.15) is 17.4 Å². The number of ether oxygens (including phenoxy) is 1. The molecule has 0 unspecified atom stereocenters. The minimum absolute atomic E-state index is 0.253. The van der Waals surface area contributed by atoms with Crippen LogP contribution in [0.2, 0.25) is 5.02 Å². The van der Waals surface area contributed by atoms with E-state index < -0.39 is 5.97 Å². The van der Waals surface area contributed by atoms with Gasteiger partial charge in [0.15, 0.2) is 5.69 Å². The number of benzene rings is 2. The monoisotopic (exact) mass is 338 g/mol. The molecular formula is C19H15ClN2O2. The zero-order chi connectivity index (χ0) is 16.9. The first-order valence-corrected chi connectivity index (χ1v) is 7.92. The summed E-state index contributed by atoms with van der Waals surface area (Å²) in [6.07, 6.45) is 1.38. The molecule has 0 bridgehead atoms. The number of hydrogen-bond acceptors (Lipinski definition) is 4. The molecule has 3 rings (SSSR count). The van der Waals surface area contributed by atoms with Gasteiger partial charge < -0.3 is 4.74 Å². The van der Waals surface area contributed by atoms with E-state index in [4.69, 9.17) is 16.3 Å². The van der Waals surface area contributed by atoms with E-state index in [0.29, 0.717) is 16.3 Å². The van der Waals surface area contributed by atoms with Gasteiger partial charge in [0, 0.05) is 16.1 Å². The molecule has 1 aromatic heterocycles. The van der Waals surface area contributed by atoms with Gasteiger partial charge >= 0.3 is 5.97 Å². The van der Waals surface area contributed by atoms with Crippen LogP contribution in [0, 0.1) is 0 Å². The van der Waals surface area contributed by atoms with Crippen molar-refractivity contribution in [3.8, 4) is 22.4 Å². The minimum Gasteiger partial charge on any atom is -0.461 e. The smallest absolute Gasteiger partial charge is 0.357 e. The summed E-state index contributed by atoms with van der Waals surface area (Å²) in [6.45, 7) is 2.05. The summed E-state index contributed by atoms with van der Waals surface area (Å²) in [5.74, 6) is -0.464. The highest BCUT2D eigenvalue weighted by Gasteiger charge is 2.21. The van der Waals surface area contributed by atoms with Crippen LogP contribution in [0.25, 0.3) is 22.4 Å². The summed E-state index contributed by atoms with van der Waals surface area (Å²) >= 11 is 5.97. The van der Waals surface area contributed by atoms with Gasteiger partial charge in [-0.05, 0) is 24.6 Å². The Labute approximate surface area is 145 Å². The number of halogens is 1. The number of hydrogen-bond donors (Lipinski definition) is 0. The Morgan fingerprint density at radius 1 is 1.00 bits per heavy atom. The van der Waals surface area contributed by atoms with Gasteiger partial charge in [0.1, 0.15) is 6.33 Å². The van der Waals surface area contributed by atoms with Gasteiger partial charge in [-0.15, -0.1) is 0 Å². The SMILES string of the molecule is CCOC(=O)c1ncnc(-c2ccc(Cl)cc2)c1-c1ccccc1. The molecule has 0 spiro atoms. The van der Waals surface area contributed by atoms with E-state index in [2.05, 4.69) is 9.97 Å². The van der Waals surface area contributed by atoms with E-state index in [9.17, 15) is 4.79 Å². The molecule has 0 aliphatic carbocycles. The maximum absolute atomic E-state index is 12.3. The first-order valence-electron chi connectivity index (χ1n) is 7.54. The summed E-state index contributed by atoms with van der Waals surface area (Å²) in [7, 11) is 0. The maximum Gasteiger partial charge on any atom is 0.357 e. The molecule has 24 heavy (non-hydrogen) atoms. The van der Waals surface area contributed by atoms with Crippen molar-refractivity contribution in [2.45, 2.75) is 6.92 Å². The molecular weight excluding hydrogens is 324 g/mol. The maximum atomic E-state index is 12.3. The number of carbonyl (C=O) groups excluding carboxylic acids is 1. The van der Waals surface area contributed by atoms with E-state index in [1.807, 2.05) is 42.5 Å². The largest absolute Gasteiger partial charge is 0.461 e. The molecule has 0 saturated heterocycles. The second kappa shape index (κ2) is 7.23. The van der Waals surface area contributed by atoms with E-state index in [0.717, 1.165) is 11.1 Å². The normalized spacial score (nSPS) is 10.4. The zero-order valence-electron chi connectivity index (χ0n) is 13.1. The third-order valence-corrected chi connectivity index (χ3v) is 3.75. The summed E-state index contributed by atoms with van der Waals surface area (Å²) in [5, 5.41) is 0.639. The Morgan fingerprint density at radius 2 is 1.71 bits per heavy atom. The van der Waals surface area contributed by atoms with Gasteiger partial charge in [-0.25, -0.2) is 14.8 Å². The predicted molar refractivity (Wildman–Crippen MR) is 93.9 cm³/mol. The Bertz CT molecular complexity index is 849. The molecule has 5 heteroatoms. The minimum atomic E-state index is -0.464. The highest BCUT2D eigenvalue weighted by Crippen LogP contribution is 2.33. The standard InChI is InChI=1S/C19H15ClN2O2/c1-2-24-19(23)18-16(13-6-4-3-5-7-13)17(21-12-22-18)14-8-10-15(20)11-9-14/h3-12H,2H2,1H3. The summed E-state index contributed by atoms with van der Waals surface area (Å²) in [4.78, 5) is 20.9. The highest BCUT2D eigenvalue weighted by molar-refractivity contribution is 6.30. The Hall–Kier alpha value is -2.72. The summed E-state index contributed by atoms with van der Waals surface area (Å²) in [5.41, 5.74) is 3.27. The molecule has 3 aromatic rings. The molecule has 0 atom stereocenters. The number of rotatable bonds is 4. The van der Waals surface area contributed by atoms with Gasteiger partial charge in [-0.2, -0.15) is 0 Å². The Balaban J connectivity index is 2.24. The molecule has 0 fully saturated rings. The van der Waals surface area contributed by atoms with Crippen LogP contribution in [0.4, 0.5) is 0 Å². The van der Waals surface area contributed by atoms with Crippen LogP contribution in [-0.2, 0) is 4.74 Å². The Kier molecular flexibility index (Phi) is 4.87. The molecule has 1 heterocycles. The van der Waals surface area contributed by atoms with Crippen LogP contribution in [0.5, 0.6) is 0 Å².